The van der Waals surface area contributed by atoms with Crippen molar-refractivity contribution in [3.8, 4) is 0 Å². The lowest BCUT2D eigenvalue weighted by molar-refractivity contribution is -0.693. The zero-order chi connectivity index (χ0) is 17.0. The molecule has 2 rings (SSSR count). The predicted molar refractivity (Wildman–Crippen MR) is 111 cm³/mol. The van der Waals surface area contributed by atoms with Gasteiger partial charge in [-0.15, -0.1) is 23.5 Å². The van der Waals surface area contributed by atoms with Crippen molar-refractivity contribution in [3.05, 3.63) is 30.1 Å². The normalized spacial score (nSPS) is 21.1. The molecule has 1 aromatic rings. The van der Waals surface area contributed by atoms with Gasteiger partial charge in [0.05, 0.1) is 4.58 Å². The van der Waals surface area contributed by atoms with Gasteiger partial charge in [-0.05, 0) is 36.3 Å². The first-order valence-electron chi connectivity index (χ1n) is 10.1. The standard InChI is InChI=1S/C21H36NS2/c1-3-5-6-7-8-9-10-11-12-19-17-23-21(24-18-19)20-13-15-22(4-2)16-14-20/h13-16,19,21H,3-12,17-18H2,1-2H3/q+1. The molecule has 1 aliphatic heterocycles. The van der Waals surface area contributed by atoms with Crippen LogP contribution in [0, 0.1) is 5.92 Å². The van der Waals surface area contributed by atoms with Gasteiger partial charge in [0.2, 0.25) is 0 Å². The summed E-state index contributed by atoms with van der Waals surface area (Å²) < 4.78 is 2.90. The van der Waals surface area contributed by atoms with E-state index in [0.717, 1.165) is 12.5 Å². The van der Waals surface area contributed by atoms with Crippen molar-refractivity contribution in [3.63, 3.8) is 0 Å². The second-order valence-electron chi connectivity index (χ2n) is 7.09. The summed E-state index contributed by atoms with van der Waals surface area (Å²) in [4.78, 5) is 0. The number of aromatic nitrogens is 1. The van der Waals surface area contributed by atoms with Gasteiger partial charge in [-0.3, -0.25) is 0 Å². The molecule has 1 nitrogen and oxygen atoms in total. The van der Waals surface area contributed by atoms with Crippen LogP contribution in [0.25, 0.3) is 0 Å². The molecule has 1 aromatic heterocycles. The second kappa shape index (κ2) is 12.2. The van der Waals surface area contributed by atoms with E-state index in [1.165, 1.54) is 74.9 Å². The van der Waals surface area contributed by atoms with E-state index in [9.17, 15) is 0 Å². The summed E-state index contributed by atoms with van der Waals surface area (Å²) in [6.07, 6.45) is 17.4. The summed E-state index contributed by atoms with van der Waals surface area (Å²) >= 11 is 4.34. The summed E-state index contributed by atoms with van der Waals surface area (Å²) in [5, 5.41) is 0. The molecule has 24 heavy (non-hydrogen) atoms. The molecule has 1 fully saturated rings. The van der Waals surface area contributed by atoms with Gasteiger partial charge >= 0.3 is 0 Å². The highest BCUT2D eigenvalue weighted by molar-refractivity contribution is 8.16. The largest absolute Gasteiger partial charge is 0.205 e. The minimum atomic E-state index is 0.659. The van der Waals surface area contributed by atoms with Crippen LogP contribution in [-0.4, -0.2) is 11.5 Å². The number of pyridine rings is 1. The molecule has 0 saturated carbocycles. The molecule has 0 bridgehead atoms. The lowest BCUT2D eigenvalue weighted by atomic mass is 10.0. The van der Waals surface area contributed by atoms with E-state index >= 15 is 0 Å². The van der Waals surface area contributed by atoms with E-state index in [1.54, 1.807) is 0 Å². The SMILES string of the molecule is CCCCCCCCCCC1CSC(c2cc[n+](CC)cc2)SC1. The molecule has 0 aromatic carbocycles. The van der Waals surface area contributed by atoms with Crippen molar-refractivity contribution in [2.24, 2.45) is 5.92 Å². The topological polar surface area (TPSA) is 3.88 Å². The van der Waals surface area contributed by atoms with Gasteiger partial charge in [0.1, 0.15) is 6.54 Å². The lowest BCUT2D eigenvalue weighted by Gasteiger charge is -2.27. The molecule has 3 heteroatoms. The van der Waals surface area contributed by atoms with Crippen molar-refractivity contribution < 1.29 is 4.57 Å². The monoisotopic (exact) mass is 366 g/mol. The van der Waals surface area contributed by atoms with Gasteiger partial charge in [-0.2, -0.15) is 0 Å². The fourth-order valence-corrected chi connectivity index (χ4v) is 6.47. The van der Waals surface area contributed by atoms with Crippen LogP contribution in [0.15, 0.2) is 24.5 Å². The Morgan fingerprint density at radius 1 is 0.875 bits per heavy atom. The number of nitrogens with zero attached hydrogens (tertiary/aromatic N) is 1. The van der Waals surface area contributed by atoms with Gasteiger partial charge in [-0.1, -0.05) is 58.3 Å². The van der Waals surface area contributed by atoms with Crippen LogP contribution in [0.2, 0.25) is 0 Å². The summed E-state index contributed by atoms with van der Waals surface area (Å²) in [5.41, 5.74) is 1.50. The fourth-order valence-electron chi connectivity index (χ4n) is 3.31. The third-order valence-electron chi connectivity index (χ3n) is 4.99. The summed E-state index contributed by atoms with van der Waals surface area (Å²) in [6.45, 7) is 5.55. The maximum Gasteiger partial charge on any atom is 0.169 e. The highest BCUT2D eigenvalue weighted by Crippen LogP contribution is 2.46. The number of hydrogen-bond acceptors (Lipinski definition) is 2. The molecule has 0 radical (unpaired) electrons. The number of aryl methyl sites for hydroxylation is 1. The van der Waals surface area contributed by atoms with Crippen LogP contribution in [-0.2, 0) is 6.54 Å². The minimum absolute atomic E-state index is 0.659. The first-order chi connectivity index (χ1) is 11.8. The Morgan fingerprint density at radius 2 is 1.46 bits per heavy atom. The summed E-state index contributed by atoms with van der Waals surface area (Å²) in [5.74, 6) is 3.66. The molecule has 1 aliphatic rings. The summed E-state index contributed by atoms with van der Waals surface area (Å²) in [6, 6.07) is 4.63. The Hall–Kier alpha value is -0.150. The first-order valence-corrected chi connectivity index (χ1v) is 12.2. The zero-order valence-electron chi connectivity index (χ0n) is 15.7. The van der Waals surface area contributed by atoms with Gasteiger partial charge in [0.25, 0.3) is 0 Å². The number of unbranched alkanes of at least 4 members (excludes halogenated alkanes) is 7. The number of rotatable bonds is 11. The molecular weight excluding hydrogens is 330 g/mol. The number of thioether (sulfide) groups is 2. The lowest BCUT2D eigenvalue weighted by Crippen LogP contribution is -2.30. The van der Waals surface area contributed by atoms with Crippen LogP contribution in [0.1, 0.15) is 81.8 Å². The molecule has 0 spiro atoms. The molecule has 1 saturated heterocycles. The van der Waals surface area contributed by atoms with Gasteiger partial charge in [0, 0.05) is 12.1 Å². The second-order valence-corrected chi connectivity index (χ2v) is 9.66. The average molecular weight is 367 g/mol. The van der Waals surface area contributed by atoms with Crippen LogP contribution < -0.4 is 4.57 Å². The van der Waals surface area contributed by atoms with E-state index in [0.29, 0.717) is 4.58 Å². The molecule has 0 aliphatic carbocycles. The van der Waals surface area contributed by atoms with E-state index < -0.39 is 0 Å². The smallest absolute Gasteiger partial charge is 0.169 e. The van der Waals surface area contributed by atoms with Crippen molar-refractivity contribution in [2.45, 2.75) is 82.8 Å². The van der Waals surface area contributed by atoms with Crippen molar-refractivity contribution >= 4 is 23.5 Å². The Kier molecular flexibility index (Phi) is 10.3. The maximum absolute atomic E-state index is 2.31. The van der Waals surface area contributed by atoms with E-state index in [4.69, 9.17) is 0 Å². The molecule has 0 atom stereocenters. The molecule has 0 unspecified atom stereocenters. The first kappa shape index (κ1) is 20.2. The van der Waals surface area contributed by atoms with Gasteiger partial charge in [-0.25, -0.2) is 4.57 Å². The van der Waals surface area contributed by atoms with E-state index in [-0.39, 0.29) is 0 Å². The van der Waals surface area contributed by atoms with Gasteiger partial charge in [0.15, 0.2) is 12.4 Å². The van der Waals surface area contributed by atoms with Crippen LogP contribution >= 0.6 is 23.5 Å². The predicted octanol–water partition coefficient (Wildman–Crippen LogP) is 6.62. The minimum Gasteiger partial charge on any atom is -0.205 e. The summed E-state index contributed by atoms with van der Waals surface area (Å²) in [7, 11) is 0. The van der Waals surface area contributed by atoms with E-state index in [1.807, 2.05) is 0 Å². The fraction of sp³-hybridized carbons (Fsp3) is 0.762. The van der Waals surface area contributed by atoms with Crippen molar-refractivity contribution in [2.75, 3.05) is 11.5 Å². The molecule has 0 N–H and O–H groups in total. The maximum atomic E-state index is 2.31. The Morgan fingerprint density at radius 3 is 2.04 bits per heavy atom. The number of hydrogen-bond donors (Lipinski definition) is 0. The highest BCUT2D eigenvalue weighted by atomic mass is 32.2. The average Bonchev–Trinajstić information content (AvgIpc) is 2.64. The third kappa shape index (κ3) is 7.39. The van der Waals surface area contributed by atoms with Crippen molar-refractivity contribution in [1.82, 2.24) is 0 Å². The van der Waals surface area contributed by atoms with Crippen LogP contribution in [0.4, 0.5) is 0 Å². The Bertz CT molecular complexity index is 424. The molecular formula is C21H36NS2+. The van der Waals surface area contributed by atoms with Gasteiger partial charge < -0.3 is 0 Å². The zero-order valence-corrected chi connectivity index (χ0v) is 17.3. The van der Waals surface area contributed by atoms with E-state index in [2.05, 4.69) is 66.5 Å². The highest BCUT2D eigenvalue weighted by Gasteiger charge is 2.23. The molecule has 136 valence electrons. The molecule has 2 heterocycles. The van der Waals surface area contributed by atoms with Crippen LogP contribution in [0.3, 0.4) is 0 Å². The Balaban J connectivity index is 1.54. The Labute approximate surface area is 158 Å². The quantitative estimate of drug-likeness (QED) is 0.320. The molecule has 0 amide bonds. The third-order valence-corrected chi connectivity index (χ3v) is 8.28. The van der Waals surface area contributed by atoms with Crippen LogP contribution in [0.5, 0.6) is 0 Å². The van der Waals surface area contributed by atoms with Crippen molar-refractivity contribution in [1.29, 1.82) is 0 Å².